The molecule has 0 atom stereocenters. The Balaban J connectivity index is 1.88. The molecule has 1 aliphatic heterocycles. The van der Waals surface area contributed by atoms with Crippen molar-refractivity contribution in [3.05, 3.63) is 0 Å². The summed E-state index contributed by atoms with van der Waals surface area (Å²) in [6, 6.07) is 0. The van der Waals surface area contributed by atoms with Crippen LogP contribution >= 0.6 is 11.8 Å². The second kappa shape index (κ2) is 10.7. The summed E-state index contributed by atoms with van der Waals surface area (Å²) >= 11 is 1.95. The lowest BCUT2D eigenvalue weighted by molar-refractivity contribution is 0.477. The van der Waals surface area contributed by atoms with E-state index in [0.717, 1.165) is 6.54 Å². The van der Waals surface area contributed by atoms with Gasteiger partial charge in [0.25, 0.3) is 0 Å². The number of hydrogen-bond donors (Lipinski definition) is 0. The average Bonchev–Trinajstić information content (AvgIpc) is 2.39. The van der Waals surface area contributed by atoms with Crippen LogP contribution in [0.25, 0.3) is 0 Å². The molecule has 0 unspecified atom stereocenters. The van der Waals surface area contributed by atoms with Crippen molar-refractivity contribution in [1.29, 1.82) is 0 Å². The minimum Gasteiger partial charge on any atom is -0.354 e. The topological polar surface area (TPSA) is 15.6 Å². The maximum Gasteiger partial charge on any atom is 0.158 e. The fourth-order valence-electron chi connectivity index (χ4n) is 2.25. The lowest BCUT2D eigenvalue weighted by atomic mass is 10.1. The summed E-state index contributed by atoms with van der Waals surface area (Å²) in [5.74, 6) is 1.25. The van der Waals surface area contributed by atoms with Gasteiger partial charge in [-0.25, -0.2) is 0 Å². The van der Waals surface area contributed by atoms with Gasteiger partial charge in [0.1, 0.15) is 0 Å². The van der Waals surface area contributed by atoms with Gasteiger partial charge >= 0.3 is 0 Å². The van der Waals surface area contributed by atoms with E-state index >= 15 is 0 Å². The maximum absolute atomic E-state index is 4.58. The molecule has 0 aromatic carbocycles. The van der Waals surface area contributed by atoms with Crippen molar-refractivity contribution < 1.29 is 0 Å². The van der Waals surface area contributed by atoms with E-state index < -0.39 is 0 Å². The van der Waals surface area contributed by atoms with E-state index in [1.165, 1.54) is 75.3 Å². The lowest BCUT2D eigenvalue weighted by Gasteiger charge is -2.24. The fourth-order valence-corrected chi connectivity index (χ4v) is 3.28. The van der Waals surface area contributed by atoms with E-state index in [9.17, 15) is 0 Å². The molecule has 106 valence electrons. The summed E-state index contributed by atoms with van der Waals surface area (Å²) < 4.78 is 0. The summed E-state index contributed by atoms with van der Waals surface area (Å²) in [5, 5.41) is 1.27. The molecule has 0 saturated carbocycles. The molecule has 2 nitrogen and oxygen atoms in total. The SMILES string of the molecule is CCCCCCCCCCSC1=NCCCN1C. The van der Waals surface area contributed by atoms with Crippen molar-refractivity contribution in [3.8, 4) is 0 Å². The van der Waals surface area contributed by atoms with Crippen molar-refractivity contribution in [2.24, 2.45) is 4.99 Å². The molecule has 3 heteroatoms. The van der Waals surface area contributed by atoms with Gasteiger partial charge in [-0.05, 0) is 12.8 Å². The van der Waals surface area contributed by atoms with Crippen LogP contribution in [-0.4, -0.2) is 36.0 Å². The van der Waals surface area contributed by atoms with E-state index in [-0.39, 0.29) is 0 Å². The number of thioether (sulfide) groups is 1. The maximum atomic E-state index is 4.58. The van der Waals surface area contributed by atoms with Crippen LogP contribution in [0.3, 0.4) is 0 Å². The molecule has 0 aliphatic carbocycles. The lowest BCUT2D eigenvalue weighted by Crippen LogP contribution is -2.29. The van der Waals surface area contributed by atoms with Crippen molar-refractivity contribution in [1.82, 2.24) is 4.90 Å². The van der Waals surface area contributed by atoms with Crippen LogP contribution in [0.2, 0.25) is 0 Å². The van der Waals surface area contributed by atoms with E-state index in [1.807, 2.05) is 11.8 Å². The predicted octanol–water partition coefficient (Wildman–Crippen LogP) is 4.55. The summed E-state index contributed by atoms with van der Waals surface area (Å²) in [4.78, 5) is 6.89. The highest BCUT2D eigenvalue weighted by molar-refractivity contribution is 8.13. The first-order valence-electron chi connectivity index (χ1n) is 7.73. The minimum atomic E-state index is 1.03. The second-order valence-electron chi connectivity index (χ2n) is 5.26. The molecule has 0 saturated heterocycles. The molecule has 0 aromatic heterocycles. The van der Waals surface area contributed by atoms with Gasteiger partial charge in [0.15, 0.2) is 5.17 Å². The molecule has 0 spiro atoms. The zero-order valence-corrected chi connectivity index (χ0v) is 13.1. The van der Waals surface area contributed by atoms with Gasteiger partial charge in [-0.15, -0.1) is 0 Å². The normalized spacial score (nSPS) is 15.9. The Morgan fingerprint density at radius 1 is 1.06 bits per heavy atom. The third-order valence-corrected chi connectivity index (χ3v) is 4.65. The Bertz CT molecular complexity index is 229. The molecule has 0 bridgehead atoms. The zero-order valence-electron chi connectivity index (χ0n) is 12.3. The van der Waals surface area contributed by atoms with Crippen LogP contribution in [-0.2, 0) is 0 Å². The Morgan fingerprint density at radius 3 is 2.39 bits per heavy atom. The van der Waals surface area contributed by atoms with Crippen LogP contribution in [0.5, 0.6) is 0 Å². The number of rotatable bonds is 9. The quantitative estimate of drug-likeness (QED) is 0.571. The first-order chi connectivity index (χ1) is 8.84. The number of nitrogens with zero attached hydrogens (tertiary/aromatic N) is 2. The van der Waals surface area contributed by atoms with Gasteiger partial charge in [0, 0.05) is 25.9 Å². The summed E-state index contributed by atoms with van der Waals surface area (Å²) in [6.07, 6.45) is 12.5. The number of hydrogen-bond acceptors (Lipinski definition) is 3. The summed E-state index contributed by atoms with van der Waals surface area (Å²) in [6.45, 7) is 4.50. The van der Waals surface area contributed by atoms with Crippen LogP contribution in [0, 0.1) is 0 Å². The second-order valence-corrected chi connectivity index (χ2v) is 6.32. The minimum absolute atomic E-state index is 1.03. The first kappa shape index (κ1) is 15.9. The molecule has 0 N–H and O–H groups in total. The molecular weight excluding hydrogens is 240 g/mol. The number of aliphatic imine (C=N–C) groups is 1. The molecular formula is C15H30N2S. The van der Waals surface area contributed by atoms with Gasteiger partial charge < -0.3 is 4.90 Å². The van der Waals surface area contributed by atoms with Crippen LogP contribution < -0.4 is 0 Å². The van der Waals surface area contributed by atoms with Gasteiger partial charge in [-0.2, -0.15) is 0 Å². The Hall–Kier alpha value is -0.180. The number of amidine groups is 1. The molecule has 0 radical (unpaired) electrons. The van der Waals surface area contributed by atoms with Crippen LogP contribution in [0.4, 0.5) is 0 Å². The third kappa shape index (κ3) is 7.30. The third-order valence-electron chi connectivity index (χ3n) is 3.45. The number of unbranched alkanes of at least 4 members (excludes halogenated alkanes) is 7. The van der Waals surface area contributed by atoms with Crippen LogP contribution in [0.1, 0.15) is 64.7 Å². The zero-order chi connectivity index (χ0) is 13.1. The molecule has 1 aliphatic rings. The summed E-state index contributed by atoms with van der Waals surface area (Å²) in [5.41, 5.74) is 0. The van der Waals surface area contributed by atoms with Crippen molar-refractivity contribution in [3.63, 3.8) is 0 Å². The van der Waals surface area contributed by atoms with Crippen molar-refractivity contribution in [2.45, 2.75) is 64.7 Å². The van der Waals surface area contributed by atoms with Crippen molar-refractivity contribution in [2.75, 3.05) is 25.9 Å². The Labute approximate surface area is 118 Å². The smallest absolute Gasteiger partial charge is 0.158 e. The largest absolute Gasteiger partial charge is 0.354 e. The van der Waals surface area contributed by atoms with Crippen LogP contribution in [0.15, 0.2) is 4.99 Å². The highest BCUT2D eigenvalue weighted by atomic mass is 32.2. The average molecular weight is 270 g/mol. The van der Waals surface area contributed by atoms with E-state index in [2.05, 4.69) is 23.9 Å². The Morgan fingerprint density at radius 2 is 1.72 bits per heavy atom. The fraction of sp³-hybridized carbons (Fsp3) is 0.933. The molecule has 0 aromatic rings. The molecule has 0 amide bonds. The van der Waals surface area contributed by atoms with E-state index in [1.54, 1.807) is 0 Å². The highest BCUT2D eigenvalue weighted by Crippen LogP contribution is 2.16. The Kier molecular flexibility index (Phi) is 9.45. The van der Waals surface area contributed by atoms with E-state index in [4.69, 9.17) is 0 Å². The highest BCUT2D eigenvalue weighted by Gasteiger charge is 2.10. The van der Waals surface area contributed by atoms with Gasteiger partial charge in [0.2, 0.25) is 0 Å². The molecule has 1 heterocycles. The monoisotopic (exact) mass is 270 g/mol. The van der Waals surface area contributed by atoms with E-state index in [0.29, 0.717) is 0 Å². The molecule has 18 heavy (non-hydrogen) atoms. The molecule has 0 fully saturated rings. The predicted molar refractivity (Wildman–Crippen MR) is 84.6 cm³/mol. The van der Waals surface area contributed by atoms with Gasteiger partial charge in [0.05, 0.1) is 0 Å². The first-order valence-corrected chi connectivity index (χ1v) is 8.71. The standard InChI is InChI=1S/C15H30N2S/c1-3-4-5-6-7-8-9-10-14-18-15-16-12-11-13-17(15)2/h3-14H2,1-2H3. The van der Waals surface area contributed by atoms with Gasteiger partial charge in [-0.1, -0.05) is 63.6 Å². The van der Waals surface area contributed by atoms with Gasteiger partial charge in [-0.3, -0.25) is 4.99 Å². The van der Waals surface area contributed by atoms with Crippen molar-refractivity contribution >= 4 is 16.9 Å². The summed E-state index contributed by atoms with van der Waals surface area (Å²) in [7, 11) is 2.17. The molecule has 1 rings (SSSR count).